The van der Waals surface area contributed by atoms with Crippen molar-refractivity contribution in [2.24, 2.45) is 5.92 Å². The summed E-state index contributed by atoms with van der Waals surface area (Å²) in [6.07, 6.45) is -0.284. The number of hydrogen-bond donors (Lipinski definition) is 0. The standard InChI is InChI=1S/C22H19ClN2O5/c1-3-30-21(29)22(15-6-4-5-7-17(15)24(2)20(22)28)16-12-18(26)25(19(16)27)14-10-8-13(23)9-11-14/h4-11,16H,3,12H2,1-2H3/t16-,22-/m1/s1. The van der Waals surface area contributed by atoms with Gasteiger partial charge >= 0.3 is 5.97 Å². The lowest BCUT2D eigenvalue weighted by Crippen LogP contribution is -2.54. The summed E-state index contributed by atoms with van der Waals surface area (Å²) in [5.74, 6) is -3.72. The van der Waals surface area contributed by atoms with Gasteiger partial charge in [0, 0.05) is 29.7 Å². The minimum absolute atomic E-state index is 0.0372. The van der Waals surface area contributed by atoms with Crippen molar-refractivity contribution >= 4 is 46.7 Å². The molecule has 0 aromatic heterocycles. The second-order valence-electron chi connectivity index (χ2n) is 7.21. The maximum atomic E-state index is 13.5. The minimum atomic E-state index is -1.91. The fraction of sp³-hybridized carbons (Fsp3) is 0.273. The Morgan fingerprint density at radius 3 is 2.47 bits per heavy atom. The maximum absolute atomic E-state index is 13.5. The molecular formula is C22H19ClN2O5. The van der Waals surface area contributed by atoms with Gasteiger partial charge in [-0.15, -0.1) is 0 Å². The zero-order valence-electron chi connectivity index (χ0n) is 16.4. The first kappa shape index (κ1) is 20.1. The average Bonchev–Trinajstić information content (AvgIpc) is 3.15. The van der Waals surface area contributed by atoms with E-state index in [9.17, 15) is 19.2 Å². The highest BCUT2D eigenvalue weighted by molar-refractivity contribution is 6.31. The van der Waals surface area contributed by atoms with Crippen LogP contribution in [0.15, 0.2) is 48.5 Å². The highest BCUT2D eigenvalue weighted by Gasteiger charge is 2.66. The van der Waals surface area contributed by atoms with Gasteiger partial charge in [-0.1, -0.05) is 29.8 Å². The van der Waals surface area contributed by atoms with E-state index >= 15 is 0 Å². The SMILES string of the molecule is CCOC(=O)[C@]1([C@@H]2CC(=O)N(c3ccc(Cl)cc3)C2=O)C(=O)N(C)c2ccccc21. The summed E-state index contributed by atoms with van der Waals surface area (Å²) in [5.41, 5.74) is -0.682. The minimum Gasteiger partial charge on any atom is -0.465 e. The van der Waals surface area contributed by atoms with E-state index in [-0.39, 0.29) is 13.0 Å². The van der Waals surface area contributed by atoms with Crippen molar-refractivity contribution < 1.29 is 23.9 Å². The number of anilines is 2. The Morgan fingerprint density at radius 1 is 1.13 bits per heavy atom. The third-order valence-corrected chi connectivity index (χ3v) is 5.94. The number of para-hydroxylation sites is 1. The molecule has 2 aliphatic rings. The van der Waals surface area contributed by atoms with Crippen molar-refractivity contribution in [2.75, 3.05) is 23.5 Å². The van der Waals surface area contributed by atoms with Crippen LogP contribution < -0.4 is 9.80 Å². The Hall–Kier alpha value is -3.19. The van der Waals surface area contributed by atoms with Gasteiger partial charge in [0.15, 0.2) is 5.41 Å². The number of hydrogen-bond acceptors (Lipinski definition) is 5. The fourth-order valence-electron chi connectivity index (χ4n) is 4.34. The van der Waals surface area contributed by atoms with Gasteiger partial charge in [-0.25, -0.2) is 0 Å². The molecule has 2 aromatic carbocycles. The molecule has 8 heteroatoms. The molecule has 1 fully saturated rings. The third-order valence-electron chi connectivity index (χ3n) is 5.68. The molecule has 4 rings (SSSR count). The normalized spacial score (nSPS) is 23.2. The average molecular weight is 427 g/mol. The van der Waals surface area contributed by atoms with Crippen molar-refractivity contribution in [3.05, 3.63) is 59.1 Å². The summed E-state index contributed by atoms with van der Waals surface area (Å²) in [6, 6.07) is 13.0. The van der Waals surface area contributed by atoms with Gasteiger partial charge < -0.3 is 9.64 Å². The second-order valence-corrected chi connectivity index (χ2v) is 7.65. The number of likely N-dealkylation sites (N-methyl/N-ethyl adjacent to an activating group) is 1. The van der Waals surface area contributed by atoms with Crippen molar-refractivity contribution in [1.82, 2.24) is 0 Å². The van der Waals surface area contributed by atoms with E-state index in [1.165, 1.54) is 4.90 Å². The van der Waals surface area contributed by atoms with Crippen LogP contribution in [-0.4, -0.2) is 37.3 Å². The van der Waals surface area contributed by atoms with Gasteiger partial charge in [-0.2, -0.15) is 0 Å². The number of nitrogens with zero attached hydrogens (tertiary/aromatic N) is 2. The van der Waals surface area contributed by atoms with Crippen molar-refractivity contribution in [3.8, 4) is 0 Å². The molecule has 0 aliphatic carbocycles. The smallest absolute Gasteiger partial charge is 0.327 e. The quantitative estimate of drug-likeness (QED) is 0.426. The van der Waals surface area contributed by atoms with Gasteiger partial charge in [-0.05, 0) is 37.3 Å². The number of esters is 1. The first-order chi connectivity index (χ1) is 14.3. The van der Waals surface area contributed by atoms with E-state index in [0.29, 0.717) is 22.0 Å². The summed E-state index contributed by atoms with van der Waals surface area (Å²) in [6.45, 7) is 1.66. The molecule has 0 spiro atoms. The number of fused-ring (bicyclic) bond motifs is 1. The molecule has 2 atom stereocenters. The van der Waals surface area contributed by atoms with Gasteiger partial charge in [0.25, 0.3) is 0 Å². The lowest BCUT2D eigenvalue weighted by Gasteiger charge is -2.30. The number of benzene rings is 2. The summed E-state index contributed by atoms with van der Waals surface area (Å²) < 4.78 is 5.27. The molecule has 154 valence electrons. The van der Waals surface area contributed by atoms with Gasteiger partial charge in [0.05, 0.1) is 18.2 Å². The molecule has 2 heterocycles. The topological polar surface area (TPSA) is 84.0 Å². The highest BCUT2D eigenvalue weighted by Crippen LogP contribution is 2.50. The van der Waals surface area contributed by atoms with E-state index in [1.54, 1.807) is 62.5 Å². The molecule has 0 unspecified atom stereocenters. The monoisotopic (exact) mass is 426 g/mol. The summed E-state index contributed by atoms with van der Waals surface area (Å²) in [5, 5.41) is 0.457. The molecule has 2 aromatic rings. The van der Waals surface area contributed by atoms with Crippen LogP contribution in [0.1, 0.15) is 18.9 Å². The Kier molecular flexibility index (Phi) is 4.86. The van der Waals surface area contributed by atoms with Crippen molar-refractivity contribution in [1.29, 1.82) is 0 Å². The van der Waals surface area contributed by atoms with E-state index in [0.717, 1.165) is 4.90 Å². The Morgan fingerprint density at radius 2 is 1.80 bits per heavy atom. The van der Waals surface area contributed by atoms with Crippen LogP contribution in [0.5, 0.6) is 0 Å². The van der Waals surface area contributed by atoms with E-state index in [1.807, 2.05) is 0 Å². The molecule has 0 N–H and O–H groups in total. The Labute approximate surface area is 178 Å². The Bertz CT molecular complexity index is 1070. The number of carbonyl (C=O) groups is 4. The van der Waals surface area contributed by atoms with Crippen molar-refractivity contribution in [2.45, 2.75) is 18.8 Å². The molecular weight excluding hydrogens is 408 g/mol. The zero-order chi connectivity index (χ0) is 21.6. The van der Waals surface area contributed by atoms with Crippen molar-refractivity contribution in [3.63, 3.8) is 0 Å². The number of amides is 3. The summed E-state index contributed by atoms with van der Waals surface area (Å²) in [7, 11) is 1.54. The van der Waals surface area contributed by atoms with Crippen LogP contribution in [0.2, 0.25) is 5.02 Å². The second kappa shape index (κ2) is 7.25. The van der Waals surface area contributed by atoms with Crippen LogP contribution in [0.25, 0.3) is 0 Å². The number of halogens is 1. The van der Waals surface area contributed by atoms with E-state index in [4.69, 9.17) is 16.3 Å². The molecule has 30 heavy (non-hydrogen) atoms. The van der Waals surface area contributed by atoms with Crippen LogP contribution >= 0.6 is 11.6 Å². The van der Waals surface area contributed by atoms with E-state index < -0.39 is 35.0 Å². The number of ether oxygens (including phenoxy) is 1. The largest absolute Gasteiger partial charge is 0.465 e. The molecule has 7 nitrogen and oxygen atoms in total. The van der Waals surface area contributed by atoms with Crippen LogP contribution in [-0.2, 0) is 29.3 Å². The Balaban J connectivity index is 1.87. The molecule has 1 saturated heterocycles. The predicted molar refractivity (Wildman–Crippen MR) is 110 cm³/mol. The van der Waals surface area contributed by atoms with Crippen LogP contribution in [0, 0.1) is 5.92 Å². The molecule has 3 amide bonds. The lowest BCUT2D eigenvalue weighted by molar-refractivity contribution is -0.158. The van der Waals surface area contributed by atoms with Gasteiger partial charge in [-0.3, -0.25) is 24.1 Å². The number of rotatable bonds is 4. The molecule has 0 saturated carbocycles. The predicted octanol–water partition coefficient (Wildman–Crippen LogP) is 2.70. The third kappa shape index (κ3) is 2.65. The maximum Gasteiger partial charge on any atom is 0.327 e. The number of carbonyl (C=O) groups excluding carboxylic acids is 4. The highest BCUT2D eigenvalue weighted by atomic mass is 35.5. The van der Waals surface area contributed by atoms with Crippen LogP contribution in [0.3, 0.4) is 0 Å². The van der Waals surface area contributed by atoms with Crippen LogP contribution in [0.4, 0.5) is 11.4 Å². The fourth-order valence-corrected chi connectivity index (χ4v) is 4.47. The zero-order valence-corrected chi connectivity index (χ0v) is 17.2. The van der Waals surface area contributed by atoms with E-state index in [2.05, 4.69) is 0 Å². The molecule has 2 aliphatic heterocycles. The molecule has 0 radical (unpaired) electrons. The summed E-state index contributed by atoms with van der Waals surface area (Å²) >= 11 is 5.91. The lowest BCUT2D eigenvalue weighted by atomic mass is 9.70. The molecule has 0 bridgehead atoms. The number of imide groups is 1. The first-order valence-electron chi connectivity index (χ1n) is 9.51. The van der Waals surface area contributed by atoms with Gasteiger partial charge in [0.2, 0.25) is 17.7 Å². The summed E-state index contributed by atoms with van der Waals surface area (Å²) in [4.78, 5) is 55.4. The first-order valence-corrected chi connectivity index (χ1v) is 9.89. The van der Waals surface area contributed by atoms with Gasteiger partial charge in [0.1, 0.15) is 0 Å².